The van der Waals surface area contributed by atoms with Crippen LogP contribution in [0.3, 0.4) is 0 Å². The summed E-state index contributed by atoms with van der Waals surface area (Å²) in [6.07, 6.45) is 10.00. The number of fused-ring (bicyclic) bond motifs is 5. The molecule has 0 saturated heterocycles. The minimum absolute atomic E-state index is 0.0365. The van der Waals surface area contributed by atoms with Crippen molar-refractivity contribution >= 4 is 33.2 Å². The third kappa shape index (κ3) is 6.94. The van der Waals surface area contributed by atoms with Crippen molar-refractivity contribution in [2.75, 3.05) is 18.1 Å². The number of carbonyl (C=O) groups is 1. The molecule has 2 aliphatic carbocycles. The quantitative estimate of drug-likeness (QED) is 0.302. The Morgan fingerprint density at radius 2 is 1.92 bits per heavy atom. The van der Waals surface area contributed by atoms with Crippen LogP contribution in [0.1, 0.15) is 73.3 Å². The van der Waals surface area contributed by atoms with Gasteiger partial charge in [-0.15, -0.1) is 0 Å². The molecule has 3 aromatic rings. The van der Waals surface area contributed by atoms with Crippen molar-refractivity contribution in [1.82, 2.24) is 14.7 Å². The van der Waals surface area contributed by atoms with Gasteiger partial charge in [-0.2, -0.15) is 0 Å². The minimum Gasteiger partial charge on any atom is -0.491 e. The summed E-state index contributed by atoms with van der Waals surface area (Å²) >= 11 is 6.26. The van der Waals surface area contributed by atoms with Crippen LogP contribution >= 0.6 is 11.6 Å². The van der Waals surface area contributed by atoms with Gasteiger partial charge in [0.2, 0.25) is 10.0 Å². The first-order valence-electron chi connectivity index (χ1n) is 17.2. The molecule has 49 heavy (non-hydrogen) atoms. The number of benzene rings is 2. The van der Waals surface area contributed by atoms with Crippen molar-refractivity contribution in [2.24, 2.45) is 23.7 Å². The zero-order valence-electron chi connectivity index (χ0n) is 27.8. The van der Waals surface area contributed by atoms with Gasteiger partial charge in [0.05, 0.1) is 28.7 Å². The van der Waals surface area contributed by atoms with Crippen LogP contribution < -0.4 is 14.4 Å². The Hall–Kier alpha value is -3.54. The fourth-order valence-electron chi connectivity index (χ4n) is 7.67. The molecule has 8 rings (SSSR count). The molecular weight excluding hydrogens is 667 g/mol. The van der Waals surface area contributed by atoms with Gasteiger partial charge in [0.25, 0.3) is 5.91 Å². The first-order chi connectivity index (χ1) is 23.6. The average molecular weight is 709 g/mol. The molecular formula is C37H42ClFN4O5S. The number of hydrogen-bond donors (Lipinski definition) is 1. The lowest BCUT2D eigenvalue weighted by Gasteiger charge is -2.47. The molecule has 12 heteroatoms. The smallest absolute Gasteiger partial charge is 0.264 e. The van der Waals surface area contributed by atoms with Gasteiger partial charge in [-0.3, -0.25) is 4.79 Å². The van der Waals surface area contributed by atoms with E-state index in [2.05, 4.69) is 25.7 Å². The molecule has 1 fully saturated rings. The monoisotopic (exact) mass is 708 g/mol. The molecule has 0 radical (unpaired) electrons. The largest absolute Gasteiger partial charge is 0.491 e. The van der Waals surface area contributed by atoms with Gasteiger partial charge in [0.1, 0.15) is 18.2 Å². The van der Waals surface area contributed by atoms with E-state index in [4.69, 9.17) is 21.1 Å². The molecule has 1 aromatic heterocycles. The maximum absolute atomic E-state index is 15.5. The van der Waals surface area contributed by atoms with E-state index in [0.29, 0.717) is 61.8 Å². The highest BCUT2D eigenvalue weighted by molar-refractivity contribution is 7.90. The van der Waals surface area contributed by atoms with Crippen molar-refractivity contribution in [3.63, 3.8) is 0 Å². The van der Waals surface area contributed by atoms with Crippen LogP contribution in [0.5, 0.6) is 5.75 Å². The molecule has 9 nitrogen and oxygen atoms in total. The molecule has 260 valence electrons. The Balaban J connectivity index is 1.31. The van der Waals surface area contributed by atoms with Crippen LogP contribution in [0.2, 0.25) is 5.02 Å². The normalized spacial score (nSPS) is 28.2. The maximum atomic E-state index is 15.5. The van der Waals surface area contributed by atoms with Gasteiger partial charge in [-0.1, -0.05) is 30.7 Å². The van der Waals surface area contributed by atoms with Gasteiger partial charge in [-0.25, -0.2) is 27.5 Å². The second kappa shape index (κ2) is 14.0. The summed E-state index contributed by atoms with van der Waals surface area (Å²) < 4.78 is 57.9. The molecule has 1 saturated carbocycles. The van der Waals surface area contributed by atoms with Crippen LogP contribution in [-0.2, 0) is 34.3 Å². The van der Waals surface area contributed by atoms with E-state index in [1.165, 1.54) is 0 Å². The summed E-state index contributed by atoms with van der Waals surface area (Å²) in [6, 6.07) is 10.3. The van der Waals surface area contributed by atoms with Gasteiger partial charge >= 0.3 is 0 Å². The first-order valence-corrected chi connectivity index (χ1v) is 19.1. The molecule has 1 N–H and O–H groups in total. The molecule has 0 spiro atoms. The van der Waals surface area contributed by atoms with E-state index in [1.54, 1.807) is 49.6 Å². The third-order valence-electron chi connectivity index (χ3n) is 11.0. The Morgan fingerprint density at radius 3 is 2.67 bits per heavy atom. The summed E-state index contributed by atoms with van der Waals surface area (Å²) in [5, 5.41) is -0.713. The number of aromatic nitrogens is 2. The van der Waals surface area contributed by atoms with E-state index >= 15 is 4.39 Å². The summed E-state index contributed by atoms with van der Waals surface area (Å²) in [5.74, 6) is 0.336. The van der Waals surface area contributed by atoms with Crippen molar-refractivity contribution in [3.8, 4) is 5.75 Å². The van der Waals surface area contributed by atoms with E-state index in [-0.39, 0.29) is 47.0 Å². The van der Waals surface area contributed by atoms with E-state index in [9.17, 15) is 13.2 Å². The Bertz CT molecular complexity index is 1860. The summed E-state index contributed by atoms with van der Waals surface area (Å²) in [4.78, 5) is 24.5. The summed E-state index contributed by atoms with van der Waals surface area (Å²) in [5.41, 5.74) is 3.43. The van der Waals surface area contributed by atoms with Crippen LogP contribution in [0.15, 0.2) is 60.4 Å². The molecule has 2 aromatic carbocycles. The zero-order valence-corrected chi connectivity index (χ0v) is 29.4. The summed E-state index contributed by atoms with van der Waals surface area (Å²) in [6.45, 7) is 5.21. The van der Waals surface area contributed by atoms with E-state index < -0.39 is 27.0 Å². The van der Waals surface area contributed by atoms with Crippen molar-refractivity contribution in [2.45, 2.75) is 76.9 Å². The Kier molecular flexibility index (Phi) is 9.69. The number of amides is 1. The standard InChI is InChI=1S/C37H42ClFN4O5S/c1-22-23(2)49(45,46)42-37(44)24-9-12-33-32(18-24)43(19-25-8-11-31(38)35(39)29(25)6-3-4-15-47-33)20-26-7-10-30(26)36(28-16-27(22)17-28)48-21-34-40-13-5-14-41-34/h5,8-9,11-14,16,18,22-23,26-27,30,36H,3-4,6-7,10,15,17,19-21H2,1-2H3,(H,42,44)/t22-,23-,26+,27+,30-,36+/m1/s1. The highest BCUT2D eigenvalue weighted by Crippen LogP contribution is 2.48. The molecule has 0 unspecified atom stereocenters. The average Bonchev–Trinajstić information content (AvgIpc) is 3.09. The molecule has 4 bridgehead atoms. The second-order valence-electron chi connectivity index (χ2n) is 13.9. The predicted molar refractivity (Wildman–Crippen MR) is 185 cm³/mol. The molecule has 1 amide bonds. The lowest BCUT2D eigenvalue weighted by Crippen LogP contribution is -2.47. The van der Waals surface area contributed by atoms with E-state index in [0.717, 1.165) is 30.4 Å². The number of anilines is 1. The van der Waals surface area contributed by atoms with Crippen LogP contribution in [0, 0.1) is 29.5 Å². The lowest BCUT2D eigenvalue weighted by molar-refractivity contribution is -0.0370. The number of nitrogens with zero attached hydrogens (tertiary/aromatic N) is 3. The number of halogens is 2. The minimum atomic E-state index is -4.00. The number of nitrogens with one attached hydrogen (secondary N) is 1. The number of hydrogen-bond acceptors (Lipinski definition) is 8. The fourth-order valence-corrected chi connectivity index (χ4v) is 9.18. The third-order valence-corrected chi connectivity index (χ3v) is 13.2. The van der Waals surface area contributed by atoms with Gasteiger partial charge in [0.15, 0.2) is 5.82 Å². The zero-order chi connectivity index (χ0) is 34.3. The molecule has 6 atom stereocenters. The van der Waals surface area contributed by atoms with Crippen molar-refractivity contribution in [3.05, 3.63) is 93.8 Å². The highest BCUT2D eigenvalue weighted by atomic mass is 35.5. The van der Waals surface area contributed by atoms with Crippen LogP contribution in [0.4, 0.5) is 10.1 Å². The molecule has 3 aliphatic heterocycles. The number of sulfonamides is 1. The number of ether oxygens (including phenoxy) is 2. The van der Waals surface area contributed by atoms with Gasteiger partial charge < -0.3 is 14.4 Å². The molecule has 4 heterocycles. The summed E-state index contributed by atoms with van der Waals surface area (Å²) in [7, 11) is -4.00. The number of rotatable bonds is 3. The number of carbonyl (C=O) groups excluding carboxylic acids is 1. The lowest BCUT2D eigenvalue weighted by atomic mass is 9.64. The maximum Gasteiger partial charge on any atom is 0.264 e. The SMILES string of the molecule is C[C@@H]1[C@@H](C)S(=O)(=O)NC(=O)c2ccc3c(c2)N(Cc2ccc(Cl)c(F)c2CCCCO3)C[C@@H]2CC[C@H]2[C@@H](OCc2ncccn2)C2=C[C@H]1C2. The Labute approximate surface area is 292 Å². The Morgan fingerprint density at radius 1 is 1.12 bits per heavy atom. The number of allylic oxidation sites excluding steroid dienone is 1. The highest BCUT2D eigenvalue weighted by Gasteiger charge is 2.45. The van der Waals surface area contributed by atoms with Gasteiger partial charge in [-0.05, 0) is 116 Å². The predicted octanol–water partition coefficient (Wildman–Crippen LogP) is 6.65. The van der Waals surface area contributed by atoms with Gasteiger partial charge in [0, 0.05) is 31.0 Å². The van der Waals surface area contributed by atoms with E-state index in [1.807, 2.05) is 13.0 Å². The van der Waals surface area contributed by atoms with Crippen molar-refractivity contribution in [1.29, 1.82) is 0 Å². The van der Waals surface area contributed by atoms with Crippen molar-refractivity contribution < 1.29 is 27.1 Å². The fraction of sp³-hybridized carbons (Fsp3) is 0.486. The second-order valence-corrected chi connectivity index (χ2v) is 16.4. The van der Waals surface area contributed by atoms with Crippen LogP contribution in [0.25, 0.3) is 0 Å². The van der Waals surface area contributed by atoms with Crippen LogP contribution in [-0.4, -0.2) is 48.8 Å². The topological polar surface area (TPSA) is 111 Å². The first kappa shape index (κ1) is 33.9. The molecule has 5 aliphatic rings.